The first-order chi connectivity index (χ1) is 6.14. The second-order valence-corrected chi connectivity index (χ2v) is 4.89. The summed E-state index contributed by atoms with van der Waals surface area (Å²) in [5.41, 5.74) is 0.0862. The monoisotopic (exact) mass is 181 g/mol. The highest BCUT2D eigenvalue weighted by molar-refractivity contribution is 5.86. The highest BCUT2D eigenvalue weighted by atomic mass is 16.1. The Morgan fingerprint density at radius 1 is 1.15 bits per heavy atom. The predicted octanol–water partition coefficient (Wildman–Crippen LogP) is 1.70. The molecule has 13 heavy (non-hydrogen) atoms. The number of Topliss-reactive ketones (excluding diaryl/α,β-unsaturated/α-hetero) is 1. The highest BCUT2D eigenvalue weighted by Crippen LogP contribution is 2.42. The van der Waals surface area contributed by atoms with Gasteiger partial charge in [-0.3, -0.25) is 4.79 Å². The Hall–Kier alpha value is -0.370. The molecule has 3 heterocycles. The third-order valence-corrected chi connectivity index (χ3v) is 3.77. The van der Waals surface area contributed by atoms with Crippen LogP contribution in [0.15, 0.2) is 0 Å². The topological polar surface area (TPSA) is 20.3 Å². The standard InChI is InChI=1S/C11H19NO/c1-9(2)10(13)11-3-6-12(7-4-11)8-5-11/h9H,3-8H2,1-2H3. The van der Waals surface area contributed by atoms with Gasteiger partial charge in [0.2, 0.25) is 0 Å². The van der Waals surface area contributed by atoms with Crippen molar-refractivity contribution in [2.75, 3.05) is 19.6 Å². The van der Waals surface area contributed by atoms with Gasteiger partial charge in [-0.2, -0.15) is 0 Å². The molecular formula is C11H19NO. The Balaban J connectivity index is 2.14. The molecule has 0 saturated carbocycles. The fourth-order valence-electron chi connectivity index (χ4n) is 2.81. The van der Waals surface area contributed by atoms with Crippen LogP contribution in [0.1, 0.15) is 33.1 Å². The zero-order valence-corrected chi connectivity index (χ0v) is 8.68. The fourth-order valence-corrected chi connectivity index (χ4v) is 2.81. The van der Waals surface area contributed by atoms with E-state index in [1.807, 2.05) is 13.8 Å². The van der Waals surface area contributed by atoms with E-state index in [1.165, 1.54) is 0 Å². The van der Waals surface area contributed by atoms with Crippen molar-refractivity contribution in [3.05, 3.63) is 0 Å². The van der Waals surface area contributed by atoms with Crippen LogP contribution in [0.4, 0.5) is 0 Å². The van der Waals surface area contributed by atoms with Crippen molar-refractivity contribution in [2.24, 2.45) is 11.3 Å². The smallest absolute Gasteiger partial charge is 0.141 e. The Kier molecular flexibility index (Phi) is 2.18. The van der Waals surface area contributed by atoms with Crippen molar-refractivity contribution in [3.63, 3.8) is 0 Å². The van der Waals surface area contributed by atoms with Crippen molar-refractivity contribution in [3.8, 4) is 0 Å². The van der Waals surface area contributed by atoms with Crippen LogP contribution in [0, 0.1) is 11.3 Å². The highest BCUT2D eigenvalue weighted by Gasteiger charge is 2.45. The number of nitrogens with zero attached hydrogens (tertiary/aromatic N) is 1. The number of carbonyl (C=O) groups is 1. The summed E-state index contributed by atoms with van der Waals surface area (Å²) in [6, 6.07) is 0. The molecule has 0 aromatic rings. The SMILES string of the molecule is CC(C)C(=O)C12CCN(CC1)CC2. The molecule has 2 bridgehead atoms. The zero-order chi connectivity index (χ0) is 9.47. The number of rotatable bonds is 2. The van der Waals surface area contributed by atoms with E-state index in [2.05, 4.69) is 4.90 Å². The molecule has 0 N–H and O–H groups in total. The summed E-state index contributed by atoms with van der Waals surface area (Å²) in [7, 11) is 0. The summed E-state index contributed by atoms with van der Waals surface area (Å²) in [4.78, 5) is 14.5. The molecule has 0 aliphatic carbocycles. The Bertz CT molecular complexity index is 200. The maximum absolute atomic E-state index is 12.1. The number of piperidine rings is 3. The second kappa shape index (κ2) is 3.09. The summed E-state index contributed by atoms with van der Waals surface area (Å²) >= 11 is 0. The van der Waals surface area contributed by atoms with Crippen LogP contribution >= 0.6 is 0 Å². The van der Waals surface area contributed by atoms with Gasteiger partial charge in [-0.25, -0.2) is 0 Å². The Morgan fingerprint density at radius 3 is 2.00 bits per heavy atom. The van der Waals surface area contributed by atoms with Gasteiger partial charge in [0.1, 0.15) is 5.78 Å². The number of fused-ring (bicyclic) bond motifs is 3. The predicted molar refractivity (Wildman–Crippen MR) is 52.6 cm³/mol. The average molecular weight is 181 g/mol. The van der Waals surface area contributed by atoms with Crippen LogP contribution in [0.25, 0.3) is 0 Å². The summed E-state index contributed by atoms with van der Waals surface area (Å²) in [5, 5.41) is 0. The summed E-state index contributed by atoms with van der Waals surface area (Å²) < 4.78 is 0. The first kappa shape index (κ1) is 9.20. The number of carbonyl (C=O) groups excluding carboxylic acids is 1. The van der Waals surface area contributed by atoms with E-state index < -0.39 is 0 Å². The maximum atomic E-state index is 12.1. The van der Waals surface area contributed by atoms with Gasteiger partial charge >= 0.3 is 0 Å². The van der Waals surface area contributed by atoms with Gasteiger partial charge in [0, 0.05) is 11.3 Å². The van der Waals surface area contributed by atoms with Gasteiger partial charge in [-0.15, -0.1) is 0 Å². The van der Waals surface area contributed by atoms with Crippen LogP contribution in [0.3, 0.4) is 0 Å². The molecule has 2 nitrogen and oxygen atoms in total. The van der Waals surface area contributed by atoms with Gasteiger partial charge in [0.05, 0.1) is 0 Å². The average Bonchev–Trinajstić information content (AvgIpc) is 2.19. The van der Waals surface area contributed by atoms with Crippen LogP contribution in [0.2, 0.25) is 0 Å². The molecule has 0 unspecified atom stereocenters. The minimum atomic E-state index is 0.0862. The normalized spacial score (nSPS) is 38.2. The van der Waals surface area contributed by atoms with Crippen LogP contribution in [-0.2, 0) is 4.79 Å². The summed E-state index contributed by atoms with van der Waals surface area (Å²) in [6.45, 7) is 7.53. The first-order valence-corrected chi connectivity index (χ1v) is 5.41. The van der Waals surface area contributed by atoms with Crippen molar-refractivity contribution in [1.29, 1.82) is 0 Å². The van der Waals surface area contributed by atoms with Gasteiger partial charge in [0.15, 0.2) is 0 Å². The van der Waals surface area contributed by atoms with Gasteiger partial charge < -0.3 is 4.90 Å². The van der Waals surface area contributed by atoms with Gasteiger partial charge in [-0.1, -0.05) is 13.8 Å². The molecule has 0 aromatic carbocycles. The third-order valence-electron chi connectivity index (χ3n) is 3.77. The third kappa shape index (κ3) is 1.41. The van der Waals surface area contributed by atoms with Crippen LogP contribution in [0.5, 0.6) is 0 Å². The lowest BCUT2D eigenvalue weighted by atomic mass is 9.67. The van der Waals surface area contributed by atoms with Crippen LogP contribution in [-0.4, -0.2) is 30.3 Å². The fraction of sp³-hybridized carbons (Fsp3) is 0.909. The van der Waals surface area contributed by atoms with E-state index in [0.29, 0.717) is 5.78 Å². The van der Waals surface area contributed by atoms with Crippen molar-refractivity contribution >= 4 is 5.78 Å². The second-order valence-electron chi connectivity index (χ2n) is 4.89. The molecule has 3 rings (SSSR count). The lowest BCUT2D eigenvalue weighted by Gasteiger charge is -2.48. The first-order valence-electron chi connectivity index (χ1n) is 5.41. The molecular weight excluding hydrogens is 162 g/mol. The number of hydrogen-bond acceptors (Lipinski definition) is 2. The largest absolute Gasteiger partial charge is 0.303 e. The quantitative estimate of drug-likeness (QED) is 0.646. The lowest BCUT2D eigenvalue weighted by molar-refractivity contribution is -0.139. The van der Waals surface area contributed by atoms with E-state index in [4.69, 9.17) is 0 Å². The molecule has 3 aliphatic heterocycles. The van der Waals surface area contributed by atoms with E-state index in [0.717, 1.165) is 38.9 Å². The molecule has 3 aliphatic rings. The molecule has 0 radical (unpaired) electrons. The molecule has 0 atom stereocenters. The number of hydrogen-bond donors (Lipinski definition) is 0. The van der Waals surface area contributed by atoms with Crippen molar-refractivity contribution in [1.82, 2.24) is 4.90 Å². The van der Waals surface area contributed by atoms with Crippen molar-refractivity contribution < 1.29 is 4.79 Å². The van der Waals surface area contributed by atoms with E-state index >= 15 is 0 Å². The van der Waals surface area contributed by atoms with E-state index in [-0.39, 0.29) is 11.3 Å². The summed E-state index contributed by atoms with van der Waals surface area (Å²) in [6.07, 6.45) is 3.35. The summed E-state index contributed by atoms with van der Waals surface area (Å²) in [5.74, 6) is 0.747. The lowest BCUT2D eigenvalue weighted by Crippen LogP contribution is -2.52. The van der Waals surface area contributed by atoms with Crippen molar-refractivity contribution in [2.45, 2.75) is 33.1 Å². The molecule has 0 amide bonds. The van der Waals surface area contributed by atoms with Gasteiger partial charge in [-0.05, 0) is 38.9 Å². The van der Waals surface area contributed by atoms with Crippen LogP contribution < -0.4 is 0 Å². The zero-order valence-electron chi connectivity index (χ0n) is 8.68. The minimum absolute atomic E-state index is 0.0862. The molecule has 74 valence electrons. The van der Waals surface area contributed by atoms with Gasteiger partial charge in [0.25, 0.3) is 0 Å². The molecule has 0 spiro atoms. The maximum Gasteiger partial charge on any atom is 0.141 e. The Labute approximate surface area is 80.3 Å². The number of ketones is 1. The molecule has 3 saturated heterocycles. The Morgan fingerprint density at radius 2 is 1.62 bits per heavy atom. The molecule has 2 heteroatoms. The van der Waals surface area contributed by atoms with E-state index in [1.54, 1.807) is 0 Å². The van der Waals surface area contributed by atoms with E-state index in [9.17, 15) is 4.79 Å². The molecule has 3 fully saturated rings. The minimum Gasteiger partial charge on any atom is -0.303 e. The molecule has 0 aromatic heterocycles.